The van der Waals surface area contributed by atoms with Crippen molar-refractivity contribution in [1.82, 2.24) is 15.1 Å². The van der Waals surface area contributed by atoms with Crippen molar-refractivity contribution in [1.29, 1.82) is 0 Å². The van der Waals surface area contributed by atoms with Crippen LogP contribution < -0.4 is 5.32 Å². The maximum atomic E-state index is 4.54. The highest BCUT2D eigenvalue weighted by Crippen LogP contribution is 2.26. The lowest BCUT2D eigenvalue weighted by Gasteiger charge is -2.19. The van der Waals surface area contributed by atoms with Crippen LogP contribution in [0, 0.1) is 11.8 Å². The molecule has 0 saturated heterocycles. The third-order valence-corrected chi connectivity index (χ3v) is 4.43. The molecule has 2 unspecified atom stereocenters. The summed E-state index contributed by atoms with van der Waals surface area (Å²) < 4.78 is 3.22. The van der Waals surface area contributed by atoms with Crippen LogP contribution in [0.25, 0.3) is 0 Å². The Hall–Kier alpha value is -0.350. The topological polar surface area (TPSA) is 29.9 Å². The zero-order valence-corrected chi connectivity index (χ0v) is 13.1. The molecule has 0 spiro atoms. The summed E-state index contributed by atoms with van der Waals surface area (Å²) in [6.45, 7) is 7.82. The van der Waals surface area contributed by atoms with Crippen molar-refractivity contribution in [2.75, 3.05) is 13.6 Å². The number of aryl methyl sites for hydroxylation is 2. The van der Waals surface area contributed by atoms with E-state index in [1.807, 2.05) is 18.8 Å². The Labute approximate surface area is 113 Å². The van der Waals surface area contributed by atoms with Gasteiger partial charge in [-0.3, -0.25) is 4.68 Å². The normalized spacial score (nSPS) is 14.9. The summed E-state index contributed by atoms with van der Waals surface area (Å²) >= 11 is 3.68. The molecule has 1 aromatic heterocycles. The van der Waals surface area contributed by atoms with Crippen LogP contribution in [-0.4, -0.2) is 23.4 Å². The quantitative estimate of drug-likeness (QED) is 0.876. The number of halogens is 1. The fraction of sp³-hybridized carbons (Fsp3) is 0.769. The number of hydrogen-bond acceptors (Lipinski definition) is 2. The van der Waals surface area contributed by atoms with Gasteiger partial charge >= 0.3 is 0 Å². The Bertz CT molecular complexity index is 360. The molecule has 1 aromatic rings. The zero-order chi connectivity index (χ0) is 13.0. The molecule has 0 amide bonds. The molecule has 4 heteroatoms. The average Bonchev–Trinajstić information content (AvgIpc) is 2.56. The number of hydrogen-bond donors (Lipinski definition) is 1. The summed E-state index contributed by atoms with van der Waals surface area (Å²) in [5.41, 5.74) is 2.48. The van der Waals surface area contributed by atoms with Crippen LogP contribution in [0.15, 0.2) is 4.47 Å². The first kappa shape index (κ1) is 14.7. The van der Waals surface area contributed by atoms with Crippen LogP contribution in [0.4, 0.5) is 0 Å². The fourth-order valence-electron chi connectivity index (χ4n) is 2.07. The van der Waals surface area contributed by atoms with Gasteiger partial charge in [0, 0.05) is 7.05 Å². The molecule has 98 valence electrons. The smallest absolute Gasteiger partial charge is 0.0766 e. The molecule has 3 nitrogen and oxygen atoms in total. The molecule has 17 heavy (non-hydrogen) atoms. The van der Waals surface area contributed by atoms with Gasteiger partial charge in [-0.15, -0.1) is 0 Å². The van der Waals surface area contributed by atoms with Gasteiger partial charge in [0.1, 0.15) is 0 Å². The highest BCUT2D eigenvalue weighted by Gasteiger charge is 2.18. The maximum absolute atomic E-state index is 4.54. The lowest BCUT2D eigenvalue weighted by Crippen LogP contribution is -2.23. The average molecular weight is 302 g/mol. The minimum Gasteiger partial charge on any atom is -0.319 e. The molecule has 0 aromatic carbocycles. The van der Waals surface area contributed by atoms with E-state index in [-0.39, 0.29) is 0 Å². The third kappa shape index (κ3) is 3.55. The predicted molar refractivity (Wildman–Crippen MR) is 76.2 cm³/mol. The first-order chi connectivity index (χ1) is 8.01. The molecule has 2 atom stereocenters. The molecule has 1 rings (SSSR count). The van der Waals surface area contributed by atoms with Crippen molar-refractivity contribution in [2.24, 2.45) is 18.9 Å². The van der Waals surface area contributed by atoms with E-state index in [4.69, 9.17) is 0 Å². The Morgan fingerprint density at radius 2 is 2.00 bits per heavy atom. The first-order valence-electron chi connectivity index (χ1n) is 6.36. The van der Waals surface area contributed by atoms with E-state index < -0.39 is 0 Å². The minimum absolute atomic E-state index is 0.652. The van der Waals surface area contributed by atoms with Crippen molar-refractivity contribution >= 4 is 15.9 Å². The van der Waals surface area contributed by atoms with Crippen LogP contribution in [0.5, 0.6) is 0 Å². The van der Waals surface area contributed by atoms with E-state index in [0.29, 0.717) is 11.8 Å². The van der Waals surface area contributed by atoms with Gasteiger partial charge in [0.25, 0.3) is 0 Å². The standard InChI is InChI=1S/C13H24BrN3/c1-6-11-13(14)12(17(5)16-11)7-9(2)10(3)8-15-4/h9-10,15H,6-8H2,1-5H3. The van der Waals surface area contributed by atoms with Crippen LogP contribution in [-0.2, 0) is 19.9 Å². The molecule has 1 heterocycles. The van der Waals surface area contributed by atoms with Gasteiger partial charge in [0.2, 0.25) is 0 Å². The molecular weight excluding hydrogens is 278 g/mol. The predicted octanol–water partition coefficient (Wildman–Crippen LogP) is 2.78. The van der Waals surface area contributed by atoms with E-state index in [0.717, 1.165) is 25.1 Å². The lowest BCUT2D eigenvalue weighted by atomic mass is 9.91. The summed E-state index contributed by atoms with van der Waals surface area (Å²) in [4.78, 5) is 0. The number of nitrogens with one attached hydrogen (secondary N) is 1. The lowest BCUT2D eigenvalue weighted by molar-refractivity contribution is 0.367. The van der Waals surface area contributed by atoms with E-state index in [1.165, 1.54) is 10.2 Å². The Balaban J connectivity index is 2.77. The van der Waals surface area contributed by atoms with Crippen LogP contribution in [0.1, 0.15) is 32.2 Å². The van der Waals surface area contributed by atoms with Crippen molar-refractivity contribution < 1.29 is 0 Å². The van der Waals surface area contributed by atoms with Crippen LogP contribution >= 0.6 is 15.9 Å². The van der Waals surface area contributed by atoms with Crippen molar-refractivity contribution in [3.05, 3.63) is 15.9 Å². The Morgan fingerprint density at radius 1 is 1.35 bits per heavy atom. The van der Waals surface area contributed by atoms with E-state index in [2.05, 4.69) is 47.1 Å². The van der Waals surface area contributed by atoms with Crippen LogP contribution in [0.3, 0.4) is 0 Å². The molecule has 0 fully saturated rings. The summed E-state index contributed by atoms with van der Waals surface area (Å²) in [6.07, 6.45) is 2.06. The maximum Gasteiger partial charge on any atom is 0.0766 e. The molecule has 0 aliphatic carbocycles. The van der Waals surface area contributed by atoms with Gasteiger partial charge in [0.05, 0.1) is 15.9 Å². The number of aromatic nitrogens is 2. The van der Waals surface area contributed by atoms with Gasteiger partial charge < -0.3 is 5.32 Å². The molecule has 0 aliphatic rings. The second-order valence-corrected chi connectivity index (χ2v) is 5.69. The van der Waals surface area contributed by atoms with Crippen molar-refractivity contribution in [3.8, 4) is 0 Å². The summed E-state index contributed by atoms with van der Waals surface area (Å²) in [5, 5.41) is 7.79. The van der Waals surface area contributed by atoms with E-state index >= 15 is 0 Å². The number of nitrogens with zero attached hydrogens (tertiary/aromatic N) is 2. The van der Waals surface area contributed by atoms with Crippen LogP contribution in [0.2, 0.25) is 0 Å². The number of rotatable bonds is 6. The Morgan fingerprint density at radius 3 is 2.47 bits per heavy atom. The van der Waals surface area contributed by atoms with Gasteiger partial charge in [0.15, 0.2) is 0 Å². The largest absolute Gasteiger partial charge is 0.319 e. The minimum atomic E-state index is 0.652. The second-order valence-electron chi connectivity index (χ2n) is 4.90. The monoisotopic (exact) mass is 301 g/mol. The summed E-state index contributed by atoms with van der Waals surface area (Å²) in [7, 11) is 4.05. The summed E-state index contributed by atoms with van der Waals surface area (Å²) in [6, 6.07) is 0. The van der Waals surface area contributed by atoms with Crippen molar-refractivity contribution in [2.45, 2.75) is 33.6 Å². The molecule has 0 saturated carbocycles. The highest BCUT2D eigenvalue weighted by molar-refractivity contribution is 9.10. The molecule has 0 radical (unpaired) electrons. The van der Waals surface area contributed by atoms with Gasteiger partial charge in [-0.05, 0) is 54.2 Å². The molecular formula is C13H24BrN3. The van der Waals surface area contributed by atoms with Gasteiger partial charge in [-0.1, -0.05) is 20.8 Å². The zero-order valence-electron chi connectivity index (χ0n) is 11.5. The molecule has 0 bridgehead atoms. The highest BCUT2D eigenvalue weighted by atomic mass is 79.9. The fourth-order valence-corrected chi connectivity index (χ4v) is 2.85. The molecule has 1 N–H and O–H groups in total. The van der Waals surface area contributed by atoms with Gasteiger partial charge in [-0.2, -0.15) is 5.10 Å². The SMILES string of the molecule is CCc1nn(C)c(CC(C)C(C)CNC)c1Br. The first-order valence-corrected chi connectivity index (χ1v) is 7.15. The van der Waals surface area contributed by atoms with Gasteiger partial charge in [-0.25, -0.2) is 0 Å². The third-order valence-electron chi connectivity index (χ3n) is 3.52. The second kappa shape index (κ2) is 6.55. The van der Waals surface area contributed by atoms with Crippen molar-refractivity contribution in [3.63, 3.8) is 0 Å². The summed E-state index contributed by atoms with van der Waals surface area (Å²) in [5.74, 6) is 1.32. The van der Waals surface area contributed by atoms with E-state index in [1.54, 1.807) is 0 Å². The Kier molecular flexibility index (Phi) is 5.67. The van der Waals surface area contributed by atoms with E-state index in [9.17, 15) is 0 Å². The molecule has 0 aliphatic heterocycles.